The Morgan fingerprint density at radius 2 is 2.13 bits per heavy atom. The van der Waals surface area contributed by atoms with Gasteiger partial charge in [-0.15, -0.1) is 0 Å². The monoisotopic (exact) mass is 331 g/mol. The Kier molecular flexibility index (Phi) is 3.95. The summed E-state index contributed by atoms with van der Waals surface area (Å²) in [6, 6.07) is 7.22. The van der Waals surface area contributed by atoms with Gasteiger partial charge in [0.2, 0.25) is 0 Å². The lowest BCUT2D eigenvalue weighted by Gasteiger charge is -2.25. The van der Waals surface area contributed by atoms with Crippen LogP contribution in [0.2, 0.25) is 5.02 Å². The minimum Gasteiger partial charge on any atom is -0.384 e. The standard InChI is InChI=1S/C16H18ClN5O/c1-10-11(2)21-15-19-9-20-22(15)14(10)18-8-16(3,23)12-5-4-6-13(17)7-12/h4-7,9,18,23H,8H2,1-3H3. The van der Waals surface area contributed by atoms with E-state index in [9.17, 15) is 5.11 Å². The number of aromatic nitrogens is 4. The van der Waals surface area contributed by atoms with Gasteiger partial charge in [-0.05, 0) is 38.5 Å². The molecule has 1 unspecified atom stereocenters. The average Bonchev–Trinajstić information content (AvgIpc) is 2.95. The molecule has 120 valence electrons. The first-order valence-corrected chi connectivity index (χ1v) is 7.65. The van der Waals surface area contributed by atoms with Crippen molar-refractivity contribution in [1.29, 1.82) is 0 Å². The third-order valence-electron chi connectivity index (χ3n) is 3.95. The quantitative estimate of drug-likeness (QED) is 0.768. The molecule has 0 saturated carbocycles. The van der Waals surface area contributed by atoms with E-state index in [0.717, 1.165) is 22.6 Å². The molecule has 0 radical (unpaired) electrons. The van der Waals surface area contributed by atoms with Crippen molar-refractivity contribution in [1.82, 2.24) is 19.6 Å². The normalized spacial score (nSPS) is 14.0. The molecule has 0 saturated heterocycles. The maximum Gasteiger partial charge on any atom is 0.254 e. The van der Waals surface area contributed by atoms with Crippen molar-refractivity contribution >= 4 is 23.2 Å². The van der Waals surface area contributed by atoms with Crippen LogP contribution >= 0.6 is 11.6 Å². The van der Waals surface area contributed by atoms with Crippen LogP contribution in [0.25, 0.3) is 5.78 Å². The van der Waals surface area contributed by atoms with Crippen LogP contribution in [0.4, 0.5) is 5.82 Å². The van der Waals surface area contributed by atoms with Crippen molar-refractivity contribution in [2.75, 3.05) is 11.9 Å². The zero-order valence-electron chi connectivity index (χ0n) is 13.2. The number of aryl methyl sites for hydroxylation is 1. The van der Waals surface area contributed by atoms with Gasteiger partial charge in [-0.1, -0.05) is 23.7 Å². The van der Waals surface area contributed by atoms with Crippen molar-refractivity contribution in [3.8, 4) is 0 Å². The average molecular weight is 332 g/mol. The van der Waals surface area contributed by atoms with Gasteiger partial charge in [-0.25, -0.2) is 4.98 Å². The van der Waals surface area contributed by atoms with E-state index >= 15 is 0 Å². The van der Waals surface area contributed by atoms with Crippen LogP contribution in [-0.2, 0) is 5.60 Å². The molecule has 0 bridgehead atoms. The number of aliphatic hydroxyl groups is 1. The summed E-state index contributed by atoms with van der Waals surface area (Å²) in [5.41, 5.74) is 1.50. The Morgan fingerprint density at radius 1 is 1.35 bits per heavy atom. The van der Waals surface area contributed by atoms with E-state index in [0.29, 0.717) is 17.3 Å². The molecule has 0 amide bonds. The Balaban J connectivity index is 1.91. The number of benzene rings is 1. The Hall–Kier alpha value is -2.18. The number of anilines is 1. The molecule has 7 heteroatoms. The molecule has 1 atom stereocenters. The van der Waals surface area contributed by atoms with Gasteiger partial charge in [0.05, 0.1) is 0 Å². The summed E-state index contributed by atoms with van der Waals surface area (Å²) < 4.78 is 1.64. The number of nitrogens with zero attached hydrogens (tertiary/aromatic N) is 4. The van der Waals surface area contributed by atoms with Crippen molar-refractivity contribution in [3.05, 3.63) is 52.4 Å². The van der Waals surface area contributed by atoms with Crippen LogP contribution in [0.15, 0.2) is 30.6 Å². The molecule has 2 aromatic heterocycles. The highest BCUT2D eigenvalue weighted by Crippen LogP contribution is 2.25. The fourth-order valence-electron chi connectivity index (χ4n) is 2.42. The zero-order chi connectivity index (χ0) is 16.6. The van der Waals surface area contributed by atoms with Crippen LogP contribution in [-0.4, -0.2) is 31.2 Å². The topological polar surface area (TPSA) is 75.3 Å². The number of hydrogen-bond acceptors (Lipinski definition) is 5. The Bertz CT molecular complexity index is 859. The van der Waals surface area contributed by atoms with Gasteiger partial charge in [0.15, 0.2) is 0 Å². The maximum atomic E-state index is 10.8. The minimum atomic E-state index is -1.08. The predicted octanol–water partition coefficient (Wildman–Crippen LogP) is 2.71. The van der Waals surface area contributed by atoms with E-state index in [-0.39, 0.29) is 0 Å². The second-order valence-electron chi connectivity index (χ2n) is 5.78. The first-order valence-electron chi connectivity index (χ1n) is 7.28. The van der Waals surface area contributed by atoms with E-state index in [4.69, 9.17) is 11.6 Å². The molecule has 3 rings (SSSR count). The fraction of sp³-hybridized carbons (Fsp3) is 0.312. The molecule has 0 spiro atoms. The maximum absolute atomic E-state index is 10.8. The van der Waals surface area contributed by atoms with Gasteiger partial charge in [0.25, 0.3) is 5.78 Å². The van der Waals surface area contributed by atoms with Crippen molar-refractivity contribution in [2.24, 2.45) is 0 Å². The Labute approximate surface area is 139 Å². The molecule has 0 aliphatic carbocycles. The van der Waals surface area contributed by atoms with Crippen molar-refractivity contribution in [2.45, 2.75) is 26.4 Å². The molecule has 2 heterocycles. The zero-order valence-corrected chi connectivity index (χ0v) is 14.0. The molecule has 1 aromatic carbocycles. The molecule has 0 fully saturated rings. The first-order chi connectivity index (χ1) is 10.9. The molecule has 23 heavy (non-hydrogen) atoms. The van der Waals surface area contributed by atoms with E-state index in [1.54, 1.807) is 23.6 Å². The molecular weight excluding hydrogens is 314 g/mol. The van der Waals surface area contributed by atoms with Crippen LogP contribution in [0.3, 0.4) is 0 Å². The number of halogens is 1. The number of fused-ring (bicyclic) bond motifs is 1. The van der Waals surface area contributed by atoms with Crippen molar-refractivity contribution < 1.29 is 5.11 Å². The van der Waals surface area contributed by atoms with Crippen LogP contribution in [0.5, 0.6) is 0 Å². The van der Waals surface area contributed by atoms with Gasteiger partial charge in [0, 0.05) is 22.8 Å². The highest BCUT2D eigenvalue weighted by molar-refractivity contribution is 6.30. The lowest BCUT2D eigenvalue weighted by Crippen LogP contribution is -2.31. The van der Waals surface area contributed by atoms with Crippen LogP contribution in [0, 0.1) is 13.8 Å². The lowest BCUT2D eigenvalue weighted by atomic mass is 9.96. The first kappa shape index (κ1) is 15.7. The summed E-state index contributed by atoms with van der Waals surface area (Å²) in [6.07, 6.45) is 1.46. The summed E-state index contributed by atoms with van der Waals surface area (Å²) >= 11 is 6.02. The number of rotatable bonds is 4. The summed E-state index contributed by atoms with van der Waals surface area (Å²) in [5, 5.41) is 18.8. The van der Waals surface area contributed by atoms with Crippen LogP contribution < -0.4 is 5.32 Å². The molecule has 6 nitrogen and oxygen atoms in total. The fourth-order valence-corrected chi connectivity index (χ4v) is 2.61. The van der Waals surface area contributed by atoms with Crippen molar-refractivity contribution in [3.63, 3.8) is 0 Å². The number of hydrogen-bond donors (Lipinski definition) is 2. The Morgan fingerprint density at radius 3 is 2.87 bits per heavy atom. The highest BCUT2D eigenvalue weighted by Gasteiger charge is 2.24. The molecule has 0 aliphatic heterocycles. The second kappa shape index (κ2) is 5.79. The minimum absolute atomic E-state index is 0.298. The molecule has 3 aromatic rings. The van der Waals surface area contributed by atoms with E-state index in [1.807, 2.05) is 26.0 Å². The van der Waals surface area contributed by atoms with Gasteiger partial charge in [-0.3, -0.25) is 0 Å². The predicted molar refractivity (Wildman–Crippen MR) is 89.8 cm³/mol. The lowest BCUT2D eigenvalue weighted by molar-refractivity contribution is 0.0714. The molecule has 0 aliphatic rings. The van der Waals surface area contributed by atoms with Gasteiger partial charge < -0.3 is 10.4 Å². The highest BCUT2D eigenvalue weighted by atomic mass is 35.5. The van der Waals surface area contributed by atoms with Crippen LogP contribution in [0.1, 0.15) is 23.7 Å². The molecule has 2 N–H and O–H groups in total. The number of nitrogens with one attached hydrogen (secondary N) is 1. The van der Waals surface area contributed by atoms with E-state index in [1.165, 1.54) is 6.33 Å². The molecular formula is C16H18ClN5O. The summed E-state index contributed by atoms with van der Waals surface area (Å²) in [5.74, 6) is 1.30. The van der Waals surface area contributed by atoms with Gasteiger partial charge in [-0.2, -0.15) is 14.6 Å². The second-order valence-corrected chi connectivity index (χ2v) is 6.22. The smallest absolute Gasteiger partial charge is 0.254 e. The largest absolute Gasteiger partial charge is 0.384 e. The SMILES string of the molecule is Cc1nc2ncnn2c(NCC(C)(O)c2cccc(Cl)c2)c1C. The van der Waals surface area contributed by atoms with E-state index in [2.05, 4.69) is 20.4 Å². The third-order valence-corrected chi connectivity index (χ3v) is 4.19. The summed E-state index contributed by atoms with van der Waals surface area (Å²) in [4.78, 5) is 8.50. The summed E-state index contributed by atoms with van der Waals surface area (Å²) in [7, 11) is 0. The van der Waals surface area contributed by atoms with Gasteiger partial charge >= 0.3 is 0 Å². The third kappa shape index (κ3) is 3.00. The van der Waals surface area contributed by atoms with Gasteiger partial charge in [0.1, 0.15) is 17.7 Å². The summed E-state index contributed by atoms with van der Waals surface area (Å²) in [6.45, 7) is 5.92. The van der Waals surface area contributed by atoms with E-state index < -0.39 is 5.60 Å².